The quantitative estimate of drug-likeness (QED) is 0.559. The van der Waals surface area contributed by atoms with Crippen LogP contribution in [0.25, 0.3) is 0 Å². The second kappa shape index (κ2) is 9.49. The molecule has 0 fully saturated rings. The van der Waals surface area contributed by atoms with Gasteiger partial charge in [0.1, 0.15) is 5.75 Å². The highest BCUT2D eigenvalue weighted by Gasteiger charge is 2.30. The number of nitrogens with zero attached hydrogens (tertiary/aromatic N) is 1. The Morgan fingerprint density at radius 3 is 2.61 bits per heavy atom. The number of benzene rings is 2. The molecule has 6 nitrogen and oxygen atoms in total. The minimum absolute atomic E-state index is 0.0470. The Hall–Kier alpha value is -2.90. The summed E-state index contributed by atoms with van der Waals surface area (Å²) >= 11 is 7.35. The number of amides is 2. The highest BCUT2D eigenvalue weighted by molar-refractivity contribution is 7.16. The summed E-state index contributed by atoms with van der Waals surface area (Å²) in [6.45, 7) is 0.438. The van der Waals surface area contributed by atoms with Crippen LogP contribution >= 0.6 is 22.9 Å². The lowest BCUT2D eigenvalue weighted by atomic mass is 9.90. The molecule has 0 saturated heterocycles. The SMILES string of the molecule is COc1ccc(C(=O)Nc2nc3c(s2)CCCC3C(=O)NCc2ccc(Cl)cc2)cc1. The van der Waals surface area contributed by atoms with Gasteiger partial charge in [-0.05, 0) is 61.2 Å². The number of halogens is 1. The van der Waals surface area contributed by atoms with Gasteiger partial charge in [0.05, 0.1) is 18.7 Å². The van der Waals surface area contributed by atoms with E-state index in [1.165, 1.54) is 11.3 Å². The molecular formula is C23H22ClN3O3S. The Morgan fingerprint density at radius 1 is 1.16 bits per heavy atom. The van der Waals surface area contributed by atoms with E-state index < -0.39 is 0 Å². The molecule has 1 aromatic heterocycles. The van der Waals surface area contributed by atoms with Crippen molar-refractivity contribution < 1.29 is 14.3 Å². The topological polar surface area (TPSA) is 80.3 Å². The van der Waals surface area contributed by atoms with Crippen LogP contribution in [0, 0.1) is 0 Å². The summed E-state index contributed by atoms with van der Waals surface area (Å²) in [5.41, 5.74) is 2.28. The molecule has 1 unspecified atom stereocenters. The minimum Gasteiger partial charge on any atom is -0.497 e. The Balaban J connectivity index is 1.43. The van der Waals surface area contributed by atoms with E-state index in [9.17, 15) is 9.59 Å². The number of aryl methyl sites for hydroxylation is 1. The van der Waals surface area contributed by atoms with Gasteiger partial charge >= 0.3 is 0 Å². The molecule has 2 aromatic carbocycles. The average Bonchev–Trinajstić information content (AvgIpc) is 3.21. The lowest BCUT2D eigenvalue weighted by Crippen LogP contribution is -2.31. The summed E-state index contributed by atoms with van der Waals surface area (Å²) in [6.07, 6.45) is 2.53. The molecule has 0 bridgehead atoms. The monoisotopic (exact) mass is 455 g/mol. The largest absolute Gasteiger partial charge is 0.497 e. The molecule has 1 heterocycles. The van der Waals surface area contributed by atoms with Gasteiger partial charge in [-0.25, -0.2) is 4.98 Å². The minimum atomic E-state index is -0.307. The maximum Gasteiger partial charge on any atom is 0.257 e. The Kier molecular flexibility index (Phi) is 6.53. The number of methoxy groups -OCH3 is 1. The number of carbonyl (C=O) groups is 2. The lowest BCUT2D eigenvalue weighted by Gasteiger charge is -2.20. The number of nitrogens with one attached hydrogen (secondary N) is 2. The summed E-state index contributed by atoms with van der Waals surface area (Å²) in [5.74, 6) is 0.0966. The van der Waals surface area contributed by atoms with Crippen molar-refractivity contribution in [3.05, 3.63) is 75.3 Å². The number of thiazole rings is 1. The zero-order valence-electron chi connectivity index (χ0n) is 17.0. The molecule has 31 heavy (non-hydrogen) atoms. The van der Waals surface area contributed by atoms with Crippen LogP contribution in [0.5, 0.6) is 5.75 Å². The highest BCUT2D eigenvalue weighted by Crippen LogP contribution is 2.37. The number of carbonyl (C=O) groups excluding carboxylic acids is 2. The zero-order valence-corrected chi connectivity index (χ0v) is 18.6. The molecule has 8 heteroatoms. The Morgan fingerprint density at radius 2 is 1.90 bits per heavy atom. The number of hydrogen-bond acceptors (Lipinski definition) is 5. The second-order valence-electron chi connectivity index (χ2n) is 7.30. The number of ether oxygens (including phenoxy) is 1. The highest BCUT2D eigenvalue weighted by atomic mass is 35.5. The molecule has 160 valence electrons. The van der Waals surface area contributed by atoms with Crippen LogP contribution < -0.4 is 15.4 Å². The van der Waals surface area contributed by atoms with Crippen molar-refractivity contribution in [3.63, 3.8) is 0 Å². The molecule has 2 N–H and O–H groups in total. The summed E-state index contributed by atoms with van der Waals surface area (Å²) in [7, 11) is 1.58. The molecule has 0 aliphatic heterocycles. The number of hydrogen-bond donors (Lipinski definition) is 2. The zero-order chi connectivity index (χ0) is 21.8. The van der Waals surface area contributed by atoms with Crippen molar-refractivity contribution in [2.45, 2.75) is 31.7 Å². The van der Waals surface area contributed by atoms with Crippen LogP contribution in [0.15, 0.2) is 48.5 Å². The van der Waals surface area contributed by atoms with E-state index in [0.717, 1.165) is 35.4 Å². The van der Waals surface area contributed by atoms with E-state index in [2.05, 4.69) is 15.6 Å². The van der Waals surface area contributed by atoms with E-state index in [0.29, 0.717) is 28.0 Å². The van der Waals surface area contributed by atoms with Crippen LogP contribution in [0.3, 0.4) is 0 Å². The fourth-order valence-electron chi connectivity index (χ4n) is 3.55. The summed E-state index contributed by atoms with van der Waals surface area (Å²) in [5, 5.41) is 7.04. The molecule has 2 amide bonds. The maximum absolute atomic E-state index is 12.8. The van der Waals surface area contributed by atoms with Crippen LogP contribution in [0.1, 0.15) is 45.3 Å². The van der Waals surface area contributed by atoms with Crippen molar-refractivity contribution >= 4 is 39.9 Å². The molecule has 4 rings (SSSR count). The third kappa shape index (κ3) is 5.06. The van der Waals surface area contributed by atoms with E-state index >= 15 is 0 Å². The van der Waals surface area contributed by atoms with Crippen LogP contribution in [-0.2, 0) is 17.8 Å². The standard InChI is InChI=1S/C23H22ClN3O3S/c1-30-17-11-7-15(8-12-17)21(28)27-23-26-20-18(3-2-4-19(20)31-23)22(29)25-13-14-5-9-16(24)10-6-14/h5-12,18H,2-4,13H2,1H3,(H,25,29)(H,26,27,28). The Labute approximate surface area is 189 Å². The van der Waals surface area contributed by atoms with Gasteiger partial charge in [0.15, 0.2) is 5.13 Å². The van der Waals surface area contributed by atoms with E-state index in [4.69, 9.17) is 16.3 Å². The molecule has 1 atom stereocenters. The molecule has 0 saturated carbocycles. The van der Waals surface area contributed by atoms with Crippen molar-refractivity contribution in [3.8, 4) is 5.75 Å². The molecule has 1 aliphatic rings. The van der Waals surface area contributed by atoms with Gasteiger partial charge < -0.3 is 10.1 Å². The predicted octanol–water partition coefficient (Wildman–Crippen LogP) is 4.79. The average molecular weight is 456 g/mol. The number of aromatic nitrogens is 1. The fourth-order valence-corrected chi connectivity index (χ4v) is 4.74. The first-order chi connectivity index (χ1) is 15.0. The molecule has 0 spiro atoms. The number of anilines is 1. The van der Waals surface area contributed by atoms with Crippen LogP contribution in [-0.4, -0.2) is 23.9 Å². The van der Waals surface area contributed by atoms with Crippen LogP contribution in [0.4, 0.5) is 5.13 Å². The predicted molar refractivity (Wildman–Crippen MR) is 122 cm³/mol. The normalized spacial score (nSPS) is 15.1. The molecule has 1 aliphatic carbocycles. The van der Waals surface area contributed by atoms with Crippen molar-refractivity contribution in [1.82, 2.24) is 10.3 Å². The molecule has 0 radical (unpaired) electrons. The first-order valence-electron chi connectivity index (χ1n) is 10.0. The maximum atomic E-state index is 12.8. The van der Waals surface area contributed by atoms with Gasteiger partial charge in [-0.15, -0.1) is 11.3 Å². The van der Waals surface area contributed by atoms with Gasteiger partial charge in [-0.2, -0.15) is 0 Å². The number of fused-ring (bicyclic) bond motifs is 1. The molecular weight excluding hydrogens is 434 g/mol. The van der Waals surface area contributed by atoms with Crippen molar-refractivity contribution in [2.75, 3.05) is 12.4 Å². The van der Waals surface area contributed by atoms with Gasteiger partial charge in [-0.3, -0.25) is 14.9 Å². The summed E-state index contributed by atoms with van der Waals surface area (Å²) < 4.78 is 5.12. The van der Waals surface area contributed by atoms with Gasteiger partial charge in [0.2, 0.25) is 5.91 Å². The van der Waals surface area contributed by atoms with Crippen LogP contribution in [0.2, 0.25) is 5.02 Å². The number of rotatable bonds is 6. The third-order valence-corrected chi connectivity index (χ3v) is 6.52. The van der Waals surface area contributed by atoms with E-state index in [1.54, 1.807) is 43.5 Å². The van der Waals surface area contributed by atoms with Gasteiger partial charge in [-0.1, -0.05) is 23.7 Å². The fraction of sp³-hybridized carbons (Fsp3) is 0.261. The van der Waals surface area contributed by atoms with E-state index in [-0.39, 0.29) is 17.7 Å². The van der Waals surface area contributed by atoms with Gasteiger partial charge in [0, 0.05) is 22.0 Å². The first-order valence-corrected chi connectivity index (χ1v) is 11.2. The Bertz CT molecular complexity index is 1080. The van der Waals surface area contributed by atoms with E-state index in [1.807, 2.05) is 12.1 Å². The molecule has 3 aromatic rings. The van der Waals surface area contributed by atoms with Crippen molar-refractivity contribution in [1.29, 1.82) is 0 Å². The van der Waals surface area contributed by atoms with Crippen molar-refractivity contribution in [2.24, 2.45) is 0 Å². The first kappa shape index (κ1) is 21.3. The summed E-state index contributed by atoms with van der Waals surface area (Å²) in [6, 6.07) is 14.3. The smallest absolute Gasteiger partial charge is 0.257 e. The lowest BCUT2D eigenvalue weighted by molar-refractivity contribution is -0.123. The van der Waals surface area contributed by atoms with Gasteiger partial charge in [0.25, 0.3) is 5.91 Å². The summed E-state index contributed by atoms with van der Waals surface area (Å²) in [4.78, 5) is 31.1. The second-order valence-corrected chi connectivity index (χ2v) is 8.82. The third-order valence-electron chi connectivity index (χ3n) is 5.22.